The van der Waals surface area contributed by atoms with E-state index in [1.165, 1.54) is 35.4 Å². The van der Waals surface area contributed by atoms with Crippen LogP contribution in [0.4, 0.5) is 14.5 Å². The highest BCUT2D eigenvalue weighted by Crippen LogP contribution is 2.22. The van der Waals surface area contributed by atoms with E-state index in [1.807, 2.05) is 4.90 Å². The van der Waals surface area contributed by atoms with Crippen molar-refractivity contribution in [2.75, 3.05) is 31.1 Å². The van der Waals surface area contributed by atoms with Crippen LogP contribution in [0.3, 0.4) is 0 Å². The first-order valence-corrected chi connectivity index (χ1v) is 8.64. The summed E-state index contributed by atoms with van der Waals surface area (Å²) < 4.78 is 27.2. The Hall–Kier alpha value is -3.22. The number of para-hydroxylation sites is 1. The van der Waals surface area contributed by atoms with Gasteiger partial charge in [-0.1, -0.05) is 12.1 Å². The average molecular weight is 369 g/mol. The topological polar surface area (TPSA) is 56.4 Å². The quantitative estimate of drug-likeness (QED) is 0.570. The lowest BCUT2D eigenvalue weighted by Gasteiger charge is -2.35. The predicted octanol–water partition coefficient (Wildman–Crippen LogP) is 2.98. The normalized spacial score (nSPS) is 14.6. The number of rotatable bonds is 3. The summed E-state index contributed by atoms with van der Waals surface area (Å²) in [5.74, 6) is -1.96. The molecular formula is C20H17F2N3O2. The third kappa shape index (κ3) is 3.16. The van der Waals surface area contributed by atoms with Crippen molar-refractivity contribution in [1.82, 2.24) is 9.88 Å². The molecule has 1 amide bonds. The highest BCUT2D eigenvalue weighted by molar-refractivity contribution is 6.44. The lowest BCUT2D eigenvalue weighted by molar-refractivity contribution is -0.126. The van der Waals surface area contributed by atoms with E-state index < -0.39 is 17.5 Å². The van der Waals surface area contributed by atoms with Crippen LogP contribution in [-0.4, -0.2) is 47.8 Å². The highest BCUT2D eigenvalue weighted by Gasteiger charge is 2.29. The van der Waals surface area contributed by atoms with E-state index in [2.05, 4.69) is 4.98 Å². The first kappa shape index (κ1) is 17.2. The van der Waals surface area contributed by atoms with Gasteiger partial charge in [0.05, 0.1) is 11.3 Å². The molecule has 4 rings (SSSR count). The number of piperazine rings is 1. The van der Waals surface area contributed by atoms with Crippen LogP contribution >= 0.6 is 0 Å². The van der Waals surface area contributed by atoms with Crippen LogP contribution < -0.4 is 4.90 Å². The number of benzene rings is 2. The Morgan fingerprint density at radius 2 is 1.70 bits per heavy atom. The SMILES string of the molecule is O=C(C(=O)N1CCN(c2ccccc2F)CC1)c1c[nH]c2cc(F)ccc12. The molecule has 0 radical (unpaired) electrons. The van der Waals surface area contributed by atoms with Crippen LogP contribution in [0.5, 0.6) is 0 Å². The molecule has 2 aromatic carbocycles. The minimum Gasteiger partial charge on any atom is -0.366 e. The molecule has 7 heteroatoms. The number of H-pyrrole nitrogens is 1. The molecule has 1 fully saturated rings. The van der Waals surface area contributed by atoms with Crippen molar-refractivity contribution in [1.29, 1.82) is 0 Å². The molecule has 1 aliphatic rings. The molecule has 27 heavy (non-hydrogen) atoms. The van der Waals surface area contributed by atoms with Crippen LogP contribution in [-0.2, 0) is 4.79 Å². The van der Waals surface area contributed by atoms with Crippen LogP contribution in [0.1, 0.15) is 10.4 Å². The molecule has 0 unspecified atom stereocenters. The summed E-state index contributed by atoms with van der Waals surface area (Å²) in [6.45, 7) is 1.55. The zero-order chi connectivity index (χ0) is 19.0. The Morgan fingerprint density at radius 3 is 2.44 bits per heavy atom. The van der Waals surface area contributed by atoms with Crippen molar-refractivity contribution in [3.05, 3.63) is 65.9 Å². The number of Topliss-reactive ketones (excluding diaryl/α,β-unsaturated/α-hetero) is 1. The van der Waals surface area contributed by atoms with Gasteiger partial charge in [0.2, 0.25) is 0 Å². The molecule has 0 spiro atoms. The summed E-state index contributed by atoms with van der Waals surface area (Å²) in [7, 11) is 0. The fraction of sp³-hybridized carbons (Fsp3) is 0.200. The predicted molar refractivity (Wildman–Crippen MR) is 97.8 cm³/mol. The van der Waals surface area contributed by atoms with Gasteiger partial charge in [-0.25, -0.2) is 8.78 Å². The number of anilines is 1. The summed E-state index contributed by atoms with van der Waals surface area (Å²) in [6.07, 6.45) is 1.43. The van der Waals surface area contributed by atoms with Gasteiger partial charge in [-0.2, -0.15) is 0 Å². The standard InChI is InChI=1S/C20H17F2N3O2/c21-13-5-6-14-15(12-23-17(14)11-13)19(26)20(27)25-9-7-24(8-10-25)18-4-2-1-3-16(18)22/h1-6,11-12,23H,7-10H2. The van der Waals surface area contributed by atoms with Crippen molar-refractivity contribution in [3.63, 3.8) is 0 Å². The number of aromatic amines is 1. The molecular weight excluding hydrogens is 352 g/mol. The number of amides is 1. The second-order valence-electron chi connectivity index (χ2n) is 6.45. The zero-order valence-corrected chi connectivity index (χ0v) is 14.4. The maximum Gasteiger partial charge on any atom is 0.295 e. The molecule has 1 N–H and O–H groups in total. The Bertz CT molecular complexity index is 1020. The van der Waals surface area contributed by atoms with Crippen LogP contribution in [0.2, 0.25) is 0 Å². The molecule has 138 valence electrons. The molecule has 3 aromatic rings. The maximum absolute atomic E-state index is 13.9. The van der Waals surface area contributed by atoms with Crippen LogP contribution in [0.15, 0.2) is 48.7 Å². The second-order valence-corrected chi connectivity index (χ2v) is 6.45. The maximum atomic E-state index is 13.9. The third-order valence-corrected chi connectivity index (χ3v) is 4.84. The summed E-state index contributed by atoms with van der Waals surface area (Å²) in [5.41, 5.74) is 1.19. The Labute approximate surface area is 154 Å². The molecule has 1 aromatic heterocycles. The number of hydrogen-bond acceptors (Lipinski definition) is 3. The Balaban J connectivity index is 1.47. The molecule has 2 heterocycles. The minimum absolute atomic E-state index is 0.228. The minimum atomic E-state index is -0.632. The van der Waals surface area contributed by atoms with E-state index >= 15 is 0 Å². The lowest BCUT2D eigenvalue weighted by atomic mass is 10.1. The number of carbonyl (C=O) groups is 2. The third-order valence-electron chi connectivity index (χ3n) is 4.84. The Morgan fingerprint density at radius 1 is 0.963 bits per heavy atom. The average Bonchev–Trinajstić information content (AvgIpc) is 3.10. The highest BCUT2D eigenvalue weighted by atomic mass is 19.1. The molecule has 0 aliphatic carbocycles. The number of fused-ring (bicyclic) bond motifs is 1. The van der Waals surface area contributed by atoms with Crippen LogP contribution in [0, 0.1) is 11.6 Å². The van der Waals surface area contributed by atoms with Gasteiger partial charge in [0, 0.05) is 43.3 Å². The summed E-state index contributed by atoms with van der Waals surface area (Å²) in [6, 6.07) is 10.5. The van der Waals surface area contributed by atoms with E-state index in [-0.39, 0.29) is 11.4 Å². The molecule has 1 aliphatic heterocycles. The molecule has 5 nitrogen and oxygen atoms in total. The van der Waals surface area contributed by atoms with Crippen molar-refractivity contribution >= 4 is 28.3 Å². The monoisotopic (exact) mass is 369 g/mol. The second kappa shape index (κ2) is 6.83. The number of carbonyl (C=O) groups excluding carboxylic acids is 2. The fourth-order valence-corrected chi connectivity index (χ4v) is 3.40. The van der Waals surface area contributed by atoms with Crippen molar-refractivity contribution in [2.45, 2.75) is 0 Å². The van der Waals surface area contributed by atoms with E-state index in [9.17, 15) is 18.4 Å². The van der Waals surface area contributed by atoms with Gasteiger partial charge < -0.3 is 14.8 Å². The van der Waals surface area contributed by atoms with E-state index in [0.29, 0.717) is 42.8 Å². The zero-order valence-electron chi connectivity index (χ0n) is 14.4. The first-order chi connectivity index (χ1) is 13.0. The van der Waals surface area contributed by atoms with Crippen LogP contribution in [0.25, 0.3) is 10.9 Å². The van der Waals surface area contributed by atoms with Gasteiger partial charge >= 0.3 is 0 Å². The van der Waals surface area contributed by atoms with E-state index in [1.54, 1.807) is 18.2 Å². The van der Waals surface area contributed by atoms with Crippen molar-refractivity contribution < 1.29 is 18.4 Å². The van der Waals surface area contributed by atoms with Gasteiger partial charge in [-0.15, -0.1) is 0 Å². The molecule has 0 bridgehead atoms. The van der Waals surface area contributed by atoms with Gasteiger partial charge in [0.15, 0.2) is 0 Å². The Kier molecular flexibility index (Phi) is 4.35. The fourth-order valence-electron chi connectivity index (χ4n) is 3.40. The smallest absolute Gasteiger partial charge is 0.295 e. The number of nitrogens with one attached hydrogen (secondary N) is 1. The number of ketones is 1. The van der Waals surface area contributed by atoms with Gasteiger partial charge in [-0.3, -0.25) is 9.59 Å². The van der Waals surface area contributed by atoms with Crippen molar-refractivity contribution in [2.24, 2.45) is 0 Å². The van der Waals surface area contributed by atoms with Crippen molar-refractivity contribution in [3.8, 4) is 0 Å². The van der Waals surface area contributed by atoms with E-state index in [4.69, 9.17) is 0 Å². The first-order valence-electron chi connectivity index (χ1n) is 8.64. The number of aromatic nitrogens is 1. The number of nitrogens with zero attached hydrogens (tertiary/aromatic N) is 2. The largest absolute Gasteiger partial charge is 0.366 e. The molecule has 1 saturated heterocycles. The van der Waals surface area contributed by atoms with Gasteiger partial charge in [0.25, 0.3) is 11.7 Å². The summed E-state index contributed by atoms with van der Waals surface area (Å²) in [5, 5.41) is 0.514. The van der Waals surface area contributed by atoms with Gasteiger partial charge in [0.1, 0.15) is 11.6 Å². The molecule has 0 saturated carbocycles. The van der Waals surface area contributed by atoms with E-state index in [0.717, 1.165) is 0 Å². The molecule has 0 atom stereocenters. The number of hydrogen-bond donors (Lipinski definition) is 1. The number of halogens is 2. The lowest BCUT2D eigenvalue weighted by Crippen LogP contribution is -2.50. The summed E-state index contributed by atoms with van der Waals surface area (Å²) in [4.78, 5) is 31.4. The van der Waals surface area contributed by atoms with Gasteiger partial charge in [-0.05, 0) is 30.3 Å². The summed E-state index contributed by atoms with van der Waals surface area (Å²) >= 11 is 0.